The lowest BCUT2D eigenvalue weighted by Crippen LogP contribution is -2.41. The van der Waals surface area contributed by atoms with Crippen LogP contribution in [-0.2, 0) is 29.2 Å². The van der Waals surface area contributed by atoms with Gasteiger partial charge in [0, 0.05) is 88.6 Å². The molecule has 0 bridgehead atoms. The zero-order chi connectivity index (χ0) is 43.9. The summed E-state index contributed by atoms with van der Waals surface area (Å²) in [7, 11) is 3.74. The van der Waals surface area contributed by atoms with E-state index in [0.717, 1.165) is 61.9 Å². The van der Waals surface area contributed by atoms with Gasteiger partial charge >= 0.3 is 0 Å². The molecule has 0 unspecified atom stereocenters. The van der Waals surface area contributed by atoms with Gasteiger partial charge in [0.2, 0.25) is 17.7 Å². The number of likely N-dealkylation sites (N-methyl/N-ethyl adjacent to an activating group) is 1. The molecule has 0 atom stereocenters. The van der Waals surface area contributed by atoms with Gasteiger partial charge in [0.1, 0.15) is 5.82 Å². The SMILES string of the molecule is CCC(CC)N(CCN(C)C(=O)CCC(N)=O)Cc1cccc(C(=O)Nc2ccc(N3CCCCC3)nc2C(=O)Nc2ccc(CN(C)Cc3ccc(C(N)=O)cc3)cc2)c1. The van der Waals surface area contributed by atoms with Gasteiger partial charge in [-0.25, -0.2) is 4.98 Å². The minimum Gasteiger partial charge on any atom is -0.370 e. The van der Waals surface area contributed by atoms with Crippen LogP contribution in [0.2, 0.25) is 0 Å². The predicted molar refractivity (Wildman–Crippen MR) is 240 cm³/mol. The first-order valence-electron chi connectivity index (χ1n) is 21.2. The topological polar surface area (TPSA) is 187 Å². The van der Waals surface area contributed by atoms with Gasteiger partial charge < -0.3 is 31.9 Å². The van der Waals surface area contributed by atoms with Crippen molar-refractivity contribution in [2.45, 2.75) is 84.5 Å². The molecule has 1 aliphatic rings. The second-order valence-electron chi connectivity index (χ2n) is 15.9. The molecule has 1 aliphatic heterocycles. The molecule has 5 rings (SSSR count). The van der Waals surface area contributed by atoms with Crippen LogP contribution in [0.5, 0.6) is 0 Å². The number of amides is 5. The quantitative estimate of drug-likeness (QED) is 0.0779. The van der Waals surface area contributed by atoms with Crippen LogP contribution < -0.4 is 27.0 Å². The molecule has 6 N–H and O–H groups in total. The summed E-state index contributed by atoms with van der Waals surface area (Å²) in [4.78, 5) is 76.2. The van der Waals surface area contributed by atoms with Crippen molar-refractivity contribution < 1.29 is 24.0 Å². The van der Waals surface area contributed by atoms with E-state index in [1.165, 1.54) is 0 Å². The Morgan fingerprint density at radius 2 is 1.36 bits per heavy atom. The van der Waals surface area contributed by atoms with E-state index < -0.39 is 17.7 Å². The molecular weight excluding hydrogens is 771 g/mol. The Morgan fingerprint density at radius 3 is 1.98 bits per heavy atom. The van der Waals surface area contributed by atoms with E-state index in [9.17, 15) is 24.0 Å². The van der Waals surface area contributed by atoms with Crippen LogP contribution in [0.25, 0.3) is 0 Å². The minimum absolute atomic E-state index is 0.0204. The van der Waals surface area contributed by atoms with Crippen LogP contribution in [-0.4, -0.2) is 95.5 Å². The number of nitrogens with two attached hydrogens (primary N) is 2. The molecule has 14 nitrogen and oxygen atoms in total. The largest absolute Gasteiger partial charge is 0.370 e. The van der Waals surface area contributed by atoms with Crippen LogP contribution in [0, 0.1) is 0 Å². The highest BCUT2D eigenvalue weighted by Gasteiger charge is 2.22. The summed E-state index contributed by atoms with van der Waals surface area (Å²) in [6.07, 6.45) is 5.17. The third-order valence-corrected chi connectivity index (χ3v) is 11.1. The number of primary amides is 2. The Balaban J connectivity index is 1.28. The summed E-state index contributed by atoms with van der Waals surface area (Å²) < 4.78 is 0. The van der Waals surface area contributed by atoms with E-state index in [-0.39, 0.29) is 36.4 Å². The van der Waals surface area contributed by atoms with Crippen LogP contribution in [0.1, 0.15) is 107 Å². The molecule has 2 heterocycles. The van der Waals surface area contributed by atoms with Crippen LogP contribution in [0.4, 0.5) is 17.2 Å². The first-order valence-corrected chi connectivity index (χ1v) is 21.2. The number of carbonyl (C=O) groups excluding carboxylic acids is 5. The molecule has 3 aromatic carbocycles. The van der Waals surface area contributed by atoms with E-state index in [1.54, 1.807) is 36.2 Å². The van der Waals surface area contributed by atoms with Crippen molar-refractivity contribution in [2.75, 3.05) is 55.8 Å². The van der Waals surface area contributed by atoms with Gasteiger partial charge in [-0.1, -0.05) is 50.2 Å². The molecule has 4 aromatic rings. The van der Waals surface area contributed by atoms with Crippen molar-refractivity contribution in [1.82, 2.24) is 19.7 Å². The van der Waals surface area contributed by atoms with E-state index in [0.29, 0.717) is 61.0 Å². The normalized spacial score (nSPS) is 12.7. The van der Waals surface area contributed by atoms with Crippen molar-refractivity contribution in [3.05, 3.63) is 118 Å². The maximum atomic E-state index is 14.0. The van der Waals surface area contributed by atoms with Crippen molar-refractivity contribution in [3.8, 4) is 0 Å². The summed E-state index contributed by atoms with van der Waals surface area (Å²) >= 11 is 0. The highest BCUT2D eigenvalue weighted by Crippen LogP contribution is 2.25. The fourth-order valence-electron chi connectivity index (χ4n) is 7.62. The van der Waals surface area contributed by atoms with Crippen LogP contribution in [0.15, 0.2) is 84.9 Å². The number of carbonyl (C=O) groups is 5. The fraction of sp³-hybridized carbons (Fsp3) is 0.404. The number of pyridine rings is 1. The van der Waals surface area contributed by atoms with Gasteiger partial charge in [-0.15, -0.1) is 0 Å². The number of anilines is 3. The number of aromatic nitrogens is 1. The molecule has 1 aromatic heterocycles. The Morgan fingerprint density at radius 1 is 0.705 bits per heavy atom. The number of rotatable bonds is 21. The molecule has 1 fully saturated rings. The van der Waals surface area contributed by atoms with Crippen molar-refractivity contribution in [3.63, 3.8) is 0 Å². The minimum atomic E-state index is -0.499. The molecule has 0 spiro atoms. The van der Waals surface area contributed by atoms with E-state index in [2.05, 4.69) is 39.2 Å². The highest BCUT2D eigenvalue weighted by molar-refractivity contribution is 6.11. The zero-order valence-corrected chi connectivity index (χ0v) is 36.0. The molecular formula is C47H61N9O5. The van der Waals surface area contributed by atoms with E-state index >= 15 is 0 Å². The first-order chi connectivity index (χ1) is 29.3. The smallest absolute Gasteiger partial charge is 0.276 e. The molecule has 0 saturated carbocycles. The summed E-state index contributed by atoms with van der Waals surface area (Å²) in [5, 5.41) is 5.98. The maximum absolute atomic E-state index is 14.0. The summed E-state index contributed by atoms with van der Waals surface area (Å²) in [6.45, 7) is 8.97. The lowest BCUT2D eigenvalue weighted by molar-refractivity contribution is -0.132. The van der Waals surface area contributed by atoms with Gasteiger partial charge in [-0.05, 0) is 104 Å². The van der Waals surface area contributed by atoms with Gasteiger partial charge in [0.05, 0.1) is 5.69 Å². The summed E-state index contributed by atoms with van der Waals surface area (Å²) in [5.74, 6) is -1.20. The molecule has 61 heavy (non-hydrogen) atoms. The van der Waals surface area contributed by atoms with Gasteiger partial charge in [-0.2, -0.15) is 0 Å². The fourth-order valence-corrected chi connectivity index (χ4v) is 7.62. The molecule has 1 saturated heterocycles. The third-order valence-electron chi connectivity index (χ3n) is 11.1. The van der Waals surface area contributed by atoms with Crippen molar-refractivity contribution in [2.24, 2.45) is 11.5 Å². The average molecular weight is 832 g/mol. The molecule has 14 heteroatoms. The Kier molecular flexibility index (Phi) is 16.9. The van der Waals surface area contributed by atoms with Crippen LogP contribution >= 0.6 is 0 Å². The molecule has 0 radical (unpaired) electrons. The number of piperidine rings is 1. The van der Waals surface area contributed by atoms with Crippen LogP contribution in [0.3, 0.4) is 0 Å². The van der Waals surface area contributed by atoms with Gasteiger partial charge in [0.15, 0.2) is 5.69 Å². The van der Waals surface area contributed by atoms with Gasteiger partial charge in [-0.3, -0.25) is 33.8 Å². The third kappa shape index (κ3) is 13.7. The standard InChI is InChI=1S/C47H61N9O5/c1-5-39(6-2)56(28-27-54(4)43(58)24-22-41(48)57)32-35-11-10-12-37(29-35)46(60)51-40-21-23-42(55-25-8-7-9-26-55)52-44(40)47(61)50-38-19-15-34(16-20-38)31-53(3)30-33-13-17-36(18-14-33)45(49)59/h10-21,23,29,39H,5-9,22,24-28,30-32H2,1-4H3,(H2,48,57)(H2,49,59)(H,50,61)(H,51,60). The molecule has 5 amide bonds. The summed E-state index contributed by atoms with van der Waals surface area (Å²) in [5.41, 5.74) is 15.6. The van der Waals surface area contributed by atoms with E-state index in [4.69, 9.17) is 16.5 Å². The second-order valence-corrected chi connectivity index (χ2v) is 15.9. The Bertz CT molecular complexity index is 2120. The number of nitrogens with one attached hydrogen (secondary N) is 2. The second kappa shape index (κ2) is 22.5. The van der Waals surface area contributed by atoms with E-state index in [1.807, 2.05) is 67.7 Å². The Labute approximate surface area is 359 Å². The lowest BCUT2D eigenvalue weighted by Gasteiger charge is -2.32. The van der Waals surface area contributed by atoms with Crippen molar-refractivity contribution >= 4 is 46.7 Å². The number of benzene rings is 3. The van der Waals surface area contributed by atoms with Crippen molar-refractivity contribution in [1.29, 1.82) is 0 Å². The molecule has 0 aliphatic carbocycles. The lowest BCUT2D eigenvalue weighted by atomic mass is 10.1. The highest BCUT2D eigenvalue weighted by atomic mass is 16.2. The average Bonchev–Trinajstić information content (AvgIpc) is 3.26. The molecule has 324 valence electrons. The predicted octanol–water partition coefficient (Wildman–Crippen LogP) is 6.02. The first kappa shape index (κ1) is 46.0. The zero-order valence-electron chi connectivity index (χ0n) is 36.0. The number of hydrogen-bond acceptors (Lipinski definition) is 9. The van der Waals surface area contributed by atoms with Gasteiger partial charge in [0.25, 0.3) is 11.8 Å². The monoisotopic (exact) mass is 831 g/mol. The Hall–Kier alpha value is -6.12. The number of nitrogens with zero attached hydrogens (tertiary/aromatic N) is 5. The maximum Gasteiger partial charge on any atom is 0.276 e. The number of hydrogen-bond donors (Lipinski definition) is 4. The summed E-state index contributed by atoms with van der Waals surface area (Å²) in [6, 6.07) is 26.2.